The molecule has 26 heavy (non-hydrogen) atoms. The zero-order valence-corrected chi connectivity index (χ0v) is 14.6. The van der Waals surface area contributed by atoms with Gasteiger partial charge in [0.1, 0.15) is 5.75 Å². The average molecular weight is 351 g/mol. The van der Waals surface area contributed by atoms with Crippen LogP contribution in [0.1, 0.15) is 23.0 Å². The second-order valence-corrected chi connectivity index (χ2v) is 6.39. The van der Waals surface area contributed by atoms with E-state index in [1.54, 1.807) is 24.3 Å². The van der Waals surface area contributed by atoms with Gasteiger partial charge < -0.3 is 15.3 Å². The van der Waals surface area contributed by atoms with Crippen molar-refractivity contribution in [1.82, 2.24) is 25.4 Å². The number of nitrogens with zero attached hydrogens (tertiary/aromatic N) is 3. The minimum absolute atomic E-state index is 0.00929. The van der Waals surface area contributed by atoms with Crippen molar-refractivity contribution in [3.05, 3.63) is 41.6 Å². The normalized spacial score (nSPS) is 14.7. The highest BCUT2D eigenvalue weighted by Crippen LogP contribution is 2.28. The molecule has 1 aliphatic rings. The number of nitrogens with one attached hydrogen (secondary N) is 2. The molecule has 0 spiro atoms. The van der Waals surface area contributed by atoms with Crippen molar-refractivity contribution in [2.24, 2.45) is 0 Å². The summed E-state index contributed by atoms with van der Waals surface area (Å²) in [6, 6.07) is 8.65. The van der Waals surface area contributed by atoms with Gasteiger partial charge in [-0.05, 0) is 36.8 Å². The molecule has 0 bridgehead atoms. The summed E-state index contributed by atoms with van der Waals surface area (Å²) in [4.78, 5) is 19.7. The number of amides is 1. The van der Waals surface area contributed by atoms with Crippen molar-refractivity contribution < 1.29 is 9.90 Å². The molecule has 0 unspecified atom stereocenters. The number of hydrogen-bond acceptors (Lipinski definition) is 5. The van der Waals surface area contributed by atoms with Gasteiger partial charge in [0, 0.05) is 31.7 Å². The fourth-order valence-corrected chi connectivity index (χ4v) is 3.34. The number of aromatic nitrogens is 3. The minimum Gasteiger partial charge on any atom is -0.508 e. The number of carbonyl (C=O) groups excluding carboxylic acids is 1. The third-order valence-electron chi connectivity index (χ3n) is 4.74. The monoisotopic (exact) mass is 351 g/mol. The van der Waals surface area contributed by atoms with E-state index in [0.717, 1.165) is 36.2 Å². The molecule has 0 aliphatic carbocycles. The van der Waals surface area contributed by atoms with Gasteiger partial charge in [-0.2, -0.15) is 5.10 Å². The highest BCUT2D eigenvalue weighted by molar-refractivity contribution is 6.07. The molecular weight excluding hydrogens is 330 g/mol. The molecule has 3 aromatic rings. The lowest BCUT2D eigenvalue weighted by Crippen LogP contribution is -2.46. The van der Waals surface area contributed by atoms with Gasteiger partial charge in [-0.3, -0.25) is 9.89 Å². The van der Waals surface area contributed by atoms with E-state index in [2.05, 4.69) is 20.5 Å². The Kier molecular flexibility index (Phi) is 4.30. The van der Waals surface area contributed by atoms with Crippen LogP contribution in [0, 0.1) is 0 Å². The fourth-order valence-electron chi connectivity index (χ4n) is 3.34. The van der Waals surface area contributed by atoms with Crippen molar-refractivity contribution in [3.63, 3.8) is 0 Å². The number of phenols is 1. The SMILES string of the molecule is CCc1n[nH]c2nc(-c3ccc(O)cc3)cc(C(=O)N3CCNCC3)c12. The topological polar surface area (TPSA) is 94.1 Å². The maximum absolute atomic E-state index is 13.2. The Morgan fingerprint density at radius 1 is 1.23 bits per heavy atom. The van der Waals surface area contributed by atoms with Crippen LogP contribution < -0.4 is 5.32 Å². The summed E-state index contributed by atoms with van der Waals surface area (Å²) in [5.41, 5.74) is 3.62. The molecule has 0 atom stereocenters. The number of H-pyrrole nitrogens is 1. The van der Waals surface area contributed by atoms with Gasteiger partial charge in [-0.15, -0.1) is 0 Å². The van der Waals surface area contributed by atoms with Crippen LogP contribution in [0.3, 0.4) is 0 Å². The van der Waals surface area contributed by atoms with Crippen molar-refractivity contribution in [1.29, 1.82) is 0 Å². The Bertz CT molecular complexity index is 942. The van der Waals surface area contributed by atoms with Gasteiger partial charge in [-0.25, -0.2) is 4.98 Å². The molecule has 1 aliphatic heterocycles. The molecular formula is C19H21N5O2. The lowest BCUT2D eigenvalue weighted by atomic mass is 10.0. The molecule has 0 saturated carbocycles. The number of fused-ring (bicyclic) bond motifs is 1. The van der Waals surface area contributed by atoms with Crippen molar-refractivity contribution in [2.75, 3.05) is 26.2 Å². The smallest absolute Gasteiger partial charge is 0.254 e. The lowest BCUT2D eigenvalue weighted by molar-refractivity contribution is 0.0737. The minimum atomic E-state index is 0.00929. The standard InChI is InChI=1S/C19H21N5O2/c1-2-15-17-14(19(26)24-9-7-20-8-10-24)11-16(21-18(17)23-22-15)12-3-5-13(25)6-4-12/h3-6,11,20,25H,2,7-10H2,1H3,(H,21,22,23). The Labute approximate surface area is 151 Å². The van der Waals surface area contributed by atoms with E-state index in [1.165, 1.54) is 0 Å². The number of pyridine rings is 1. The predicted molar refractivity (Wildman–Crippen MR) is 99.1 cm³/mol. The maximum Gasteiger partial charge on any atom is 0.254 e. The summed E-state index contributed by atoms with van der Waals surface area (Å²) >= 11 is 0. The van der Waals surface area contributed by atoms with Crippen molar-refractivity contribution in [3.8, 4) is 17.0 Å². The Morgan fingerprint density at radius 2 is 1.96 bits per heavy atom. The van der Waals surface area contributed by atoms with Crippen LogP contribution >= 0.6 is 0 Å². The zero-order valence-electron chi connectivity index (χ0n) is 14.6. The quantitative estimate of drug-likeness (QED) is 0.670. The molecule has 1 fully saturated rings. The number of aromatic amines is 1. The van der Waals surface area contributed by atoms with Crippen LogP contribution in [-0.4, -0.2) is 57.3 Å². The van der Waals surface area contributed by atoms with Crippen LogP contribution in [-0.2, 0) is 6.42 Å². The molecule has 3 heterocycles. The zero-order chi connectivity index (χ0) is 18.1. The van der Waals surface area contributed by atoms with Crippen molar-refractivity contribution >= 4 is 16.9 Å². The second kappa shape index (κ2) is 6.76. The first kappa shape index (κ1) is 16.5. The predicted octanol–water partition coefficient (Wildman–Crippen LogP) is 1.94. The van der Waals surface area contributed by atoms with Gasteiger partial charge >= 0.3 is 0 Å². The van der Waals surface area contributed by atoms with E-state index in [9.17, 15) is 9.90 Å². The third kappa shape index (κ3) is 2.90. The maximum atomic E-state index is 13.2. The molecule has 2 aromatic heterocycles. The molecule has 134 valence electrons. The van der Waals surface area contributed by atoms with E-state index in [1.807, 2.05) is 17.9 Å². The highest BCUT2D eigenvalue weighted by atomic mass is 16.3. The van der Waals surface area contributed by atoms with E-state index in [0.29, 0.717) is 30.0 Å². The molecule has 1 aromatic carbocycles. The van der Waals surface area contributed by atoms with Gasteiger partial charge in [0.2, 0.25) is 0 Å². The van der Waals surface area contributed by atoms with Crippen LogP contribution in [0.2, 0.25) is 0 Å². The number of hydrogen-bond donors (Lipinski definition) is 3. The number of phenolic OH excluding ortho intramolecular Hbond substituents is 1. The van der Waals surface area contributed by atoms with Gasteiger partial charge in [0.25, 0.3) is 5.91 Å². The fraction of sp³-hybridized carbons (Fsp3) is 0.316. The van der Waals surface area contributed by atoms with Crippen LogP contribution in [0.4, 0.5) is 0 Å². The van der Waals surface area contributed by atoms with Gasteiger partial charge in [0.05, 0.1) is 22.3 Å². The number of rotatable bonds is 3. The summed E-state index contributed by atoms with van der Waals surface area (Å²) in [5, 5.41) is 20.9. The first-order chi connectivity index (χ1) is 12.7. The summed E-state index contributed by atoms with van der Waals surface area (Å²) in [6.45, 7) is 5.00. The molecule has 3 N–H and O–H groups in total. The number of carbonyl (C=O) groups is 1. The van der Waals surface area contributed by atoms with E-state index < -0.39 is 0 Å². The number of piperazine rings is 1. The first-order valence-corrected chi connectivity index (χ1v) is 8.84. The Hall–Kier alpha value is -2.93. The average Bonchev–Trinajstić information content (AvgIpc) is 3.11. The molecule has 4 rings (SSSR count). The molecule has 1 saturated heterocycles. The summed E-state index contributed by atoms with van der Waals surface area (Å²) < 4.78 is 0. The summed E-state index contributed by atoms with van der Waals surface area (Å²) in [6.07, 6.45) is 0.724. The molecule has 7 heteroatoms. The number of aryl methyl sites for hydroxylation is 1. The van der Waals surface area contributed by atoms with Gasteiger partial charge in [0.15, 0.2) is 5.65 Å². The summed E-state index contributed by atoms with van der Waals surface area (Å²) in [5.74, 6) is 0.205. The Balaban J connectivity index is 1.86. The van der Waals surface area contributed by atoms with Crippen LogP contribution in [0.25, 0.3) is 22.3 Å². The summed E-state index contributed by atoms with van der Waals surface area (Å²) in [7, 11) is 0. The highest BCUT2D eigenvalue weighted by Gasteiger charge is 2.24. The third-order valence-corrected chi connectivity index (χ3v) is 4.74. The molecule has 1 amide bonds. The Morgan fingerprint density at radius 3 is 2.65 bits per heavy atom. The van der Waals surface area contributed by atoms with E-state index in [-0.39, 0.29) is 11.7 Å². The van der Waals surface area contributed by atoms with Crippen LogP contribution in [0.15, 0.2) is 30.3 Å². The first-order valence-electron chi connectivity index (χ1n) is 8.84. The van der Waals surface area contributed by atoms with E-state index in [4.69, 9.17) is 0 Å². The molecule has 0 radical (unpaired) electrons. The van der Waals surface area contributed by atoms with Crippen molar-refractivity contribution in [2.45, 2.75) is 13.3 Å². The van der Waals surface area contributed by atoms with Crippen LogP contribution in [0.5, 0.6) is 5.75 Å². The number of benzene rings is 1. The number of aromatic hydroxyl groups is 1. The van der Waals surface area contributed by atoms with Gasteiger partial charge in [-0.1, -0.05) is 6.92 Å². The lowest BCUT2D eigenvalue weighted by Gasteiger charge is -2.27. The van der Waals surface area contributed by atoms with E-state index >= 15 is 0 Å². The second-order valence-electron chi connectivity index (χ2n) is 6.39. The molecule has 7 nitrogen and oxygen atoms in total. The largest absolute Gasteiger partial charge is 0.508 e.